The maximum Gasteiger partial charge on any atom is 0.113 e. The zero-order valence-corrected chi connectivity index (χ0v) is 9.01. The summed E-state index contributed by atoms with van der Waals surface area (Å²) in [6.07, 6.45) is 3.91. The van der Waals surface area contributed by atoms with Crippen molar-refractivity contribution in [1.29, 1.82) is 0 Å². The highest BCUT2D eigenvalue weighted by Gasteiger charge is 2.04. The van der Waals surface area contributed by atoms with Crippen molar-refractivity contribution in [2.45, 2.75) is 13.5 Å². The molecule has 4 heteroatoms. The second-order valence-corrected chi connectivity index (χ2v) is 3.74. The first-order valence-electron chi connectivity index (χ1n) is 5.34. The number of hydrogen-bond acceptors (Lipinski definition) is 2. The summed E-state index contributed by atoms with van der Waals surface area (Å²) in [6, 6.07) is 8.30. The molecule has 0 fully saturated rings. The first kappa shape index (κ1) is 9.15. The summed E-state index contributed by atoms with van der Waals surface area (Å²) in [4.78, 5) is 3.17. The molecule has 0 aliphatic rings. The lowest BCUT2D eigenvalue weighted by molar-refractivity contribution is 0.627. The minimum absolute atomic E-state index is 0.847. The number of aryl methyl sites for hydroxylation is 1. The van der Waals surface area contributed by atoms with Gasteiger partial charge in [0.25, 0.3) is 0 Å². The summed E-state index contributed by atoms with van der Waals surface area (Å²) in [5, 5.41) is 9.39. The van der Waals surface area contributed by atoms with Crippen LogP contribution in [-0.4, -0.2) is 20.0 Å². The maximum atomic E-state index is 4.15. The molecule has 0 radical (unpaired) electrons. The molecule has 0 unspecified atom stereocenters. The van der Waals surface area contributed by atoms with E-state index in [0.717, 1.165) is 23.3 Å². The molecule has 2 aromatic heterocycles. The molecule has 0 saturated carbocycles. The molecule has 0 bridgehead atoms. The van der Waals surface area contributed by atoms with E-state index < -0.39 is 0 Å². The number of H-pyrrole nitrogens is 1. The topological polar surface area (TPSA) is 46.5 Å². The molecule has 0 saturated heterocycles. The zero-order valence-electron chi connectivity index (χ0n) is 9.01. The molecule has 3 aromatic rings. The van der Waals surface area contributed by atoms with Crippen LogP contribution in [0.3, 0.4) is 0 Å². The molecule has 0 aliphatic carbocycles. The molecule has 4 nitrogen and oxygen atoms in total. The normalized spacial score (nSPS) is 11.1. The molecular weight excluding hydrogens is 200 g/mol. The van der Waals surface area contributed by atoms with E-state index in [4.69, 9.17) is 0 Å². The van der Waals surface area contributed by atoms with Crippen LogP contribution in [0.25, 0.3) is 22.2 Å². The van der Waals surface area contributed by atoms with E-state index in [1.807, 2.05) is 24.0 Å². The monoisotopic (exact) mass is 212 g/mol. The largest absolute Gasteiger partial charge is 0.361 e. The Morgan fingerprint density at radius 3 is 3.06 bits per heavy atom. The number of rotatable bonds is 2. The quantitative estimate of drug-likeness (QED) is 0.709. The highest BCUT2D eigenvalue weighted by molar-refractivity contribution is 5.84. The van der Waals surface area contributed by atoms with Gasteiger partial charge in [-0.2, -0.15) is 0 Å². The van der Waals surface area contributed by atoms with Gasteiger partial charge in [0.05, 0.1) is 6.20 Å². The van der Waals surface area contributed by atoms with Crippen LogP contribution in [0.1, 0.15) is 6.92 Å². The van der Waals surface area contributed by atoms with Crippen molar-refractivity contribution in [3.8, 4) is 11.3 Å². The summed E-state index contributed by atoms with van der Waals surface area (Å²) in [7, 11) is 0. The lowest BCUT2D eigenvalue weighted by atomic mass is 10.1. The van der Waals surface area contributed by atoms with Crippen LogP contribution in [0.4, 0.5) is 0 Å². The van der Waals surface area contributed by atoms with E-state index in [-0.39, 0.29) is 0 Å². The number of nitrogens with zero attached hydrogens (tertiary/aromatic N) is 3. The Morgan fingerprint density at radius 1 is 1.31 bits per heavy atom. The minimum Gasteiger partial charge on any atom is -0.361 e. The molecule has 2 heterocycles. The highest BCUT2D eigenvalue weighted by atomic mass is 15.4. The highest BCUT2D eigenvalue weighted by Crippen LogP contribution is 2.21. The Bertz CT molecular complexity index is 621. The average molecular weight is 212 g/mol. The van der Waals surface area contributed by atoms with Gasteiger partial charge >= 0.3 is 0 Å². The second kappa shape index (κ2) is 3.48. The van der Waals surface area contributed by atoms with Gasteiger partial charge in [-0.05, 0) is 25.1 Å². The fourth-order valence-electron chi connectivity index (χ4n) is 1.80. The summed E-state index contributed by atoms with van der Waals surface area (Å²) in [5.74, 6) is 0. The predicted octanol–water partition coefficient (Wildman–Crippen LogP) is 2.45. The van der Waals surface area contributed by atoms with Crippen molar-refractivity contribution < 1.29 is 0 Å². The van der Waals surface area contributed by atoms with Crippen molar-refractivity contribution >= 4 is 10.9 Å². The molecule has 1 aromatic carbocycles. The standard InChI is InChI=1S/C12H12N4/c1-2-16-8-12(14-15-16)9-3-4-11-10(7-9)5-6-13-11/h3-8,13H,2H2,1H3. The number of fused-ring (bicyclic) bond motifs is 1. The van der Waals surface area contributed by atoms with Gasteiger partial charge in [-0.15, -0.1) is 5.10 Å². The van der Waals surface area contributed by atoms with Crippen LogP contribution in [0, 0.1) is 0 Å². The molecule has 3 rings (SSSR count). The maximum absolute atomic E-state index is 4.15. The van der Waals surface area contributed by atoms with Crippen LogP contribution in [-0.2, 0) is 6.54 Å². The molecular formula is C12H12N4. The second-order valence-electron chi connectivity index (χ2n) is 3.74. The Labute approximate surface area is 92.9 Å². The number of hydrogen-bond donors (Lipinski definition) is 1. The third kappa shape index (κ3) is 1.39. The van der Waals surface area contributed by atoms with Gasteiger partial charge in [0.15, 0.2) is 0 Å². The molecule has 16 heavy (non-hydrogen) atoms. The van der Waals surface area contributed by atoms with Gasteiger partial charge in [0, 0.05) is 29.2 Å². The van der Waals surface area contributed by atoms with E-state index >= 15 is 0 Å². The summed E-state index contributed by atoms with van der Waals surface area (Å²) >= 11 is 0. The third-order valence-electron chi connectivity index (χ3n) is 2.71. The first-order valence-corrected chi connectivity index (χ1v) is 5.34. The number of benzene rings is 1. The molecule has 0 spiro atoms. The van der Waals surface area contributed by atoms with Gasteiger partial charge in [0.2, 0.25) is 0 Å². The van der Waals surface area contributed by atoms with E-state index in [0.29, 0.717) is 0 Å². The van der Waals surface area contributed by atoms with Gasteiger partial charge in [-0.1, -0.05) is 11.3 Å². The Morgan fingerprint density at radius 2 is 2.25 bits per heavy atom. The molecule has 0 amide bonds. The number of aromatic amines is 1. The van der Waals surface area contributed by atoms with Crippen LogP contribution in [0.15, 0.2) is 36.7 Å². The minimum atomic E-state index is 0.847. The Balaban J connectivity index is 2.10. The smallest absolute Gasteiger partial charge is 0.113 e. The lowest BCUT2D eigenvalue weighted by Crippen LogP contribution is -1.93. The van der Waals surface area contributed by atoms with Gasteiger partial charge in [-0.25, -0.2) is 0 Å². The molecule has 80 valence electrons. The van der Waals surface area contributed by atoms with E-state index in [9.17, 15) is 0 Å². The van der Waals surface area contributed by atoms with Crippen molar-refractivity contribution in [3.05, 3.63) is 36.7 Å². The summed E-state index contributed by atoms with van der Waals surface area (Å²) in [6.45, 7) is 2.90. The molecule has 0 atom stereocenters. The SMILES string of the molecule is CCn1cc(-c2ccc3[nH]ccc3c2)nn1. The number of nitrogens with one attached hydrogen (secondary N) is 1. The number of aromatic nitrogens is 4. The van der Waals surface area contributed by atoms with Crippen molar-refractivity contribution in [2.24, 2.45) is 0 Å². The molecule has 0 aliphatic heterocycles. The van der Waals surface area contributed by atoms with Gasteiger partial charge < -0.3 is 4.98 Å². The van der Waals surface area contributed by atoms with E-state index in [1.54, 1.807) is 0 Å². The molecule has 1 N–H and O–H groups in total. The van der Waals surface area contributed by atoms with E-state index in [1.165, 1.54) is 5.39 Å². The predicted molar refractivity (Wildman–Crippen MR) is 63.0 cm³/mol. The van der Waals surface area contributed by atoms with Gasteiger partial charge in [-0.3, -0.25) is 4.68 Å². The average Bonchev–Trinajstić information content (AvgIpc) is 2.96. The lowest BCUT2D eigenvalue weighted by Gasteiger charge is -1.96. The van der Waals surface area contributed by atoms with Crippen molar-refractivity contribution in [3.63, 3.8) is 0 Å². The van der Waals surface area contributed by atoms with Gasteiger partial charge in [0.1, 0.15) is 5.69 Å². The zero-order chi connectivity index (χ0) is 11.0. The van der Waals surface area contributed by atoms with Crippen molar-refractivity contribution in [2.75, 3.05) is 0 Å². The Kier molecular flexibility index (Phi) is 1.99. The fraction of sp³-hybridized carbons (Fsp3) is 0.167. The third-order valence-corrected chi connectivity index (χ3v) is 2.71. The fourth-order valence-corrected chi connectivity index (χ4v) is 1.80. The summed E-state index contributed by atoms with van der Waals surface area (Å²) < 4.78 is 1.83. The van der Waals surface area contributed by atoms with Crippen LogP contribution >= 0.6 is 0 Å². The van der Waals surface area contributed by atoms with Crippen molar-refractivity contribution in [1.82, 2.24) is 20.0 Å². The Hall–Kier alpha value is -2.10. The summed E-state index contributed by atoms with van der Waals surface area (Å²) in [5.41, 5.74) is 3.17. The van der Waals surface area contributed by atoms with Crippen LogP contribution < -0.4 is 0 Å². The van der Waals surface area contributed by atoms with Crippen LogP contribution in [0.5, 0.6) is 0 Å². The van der Waals surface area contributed by atoms with Crippen LogP contribution in [0.2, 0.25) is 0 Å². The van der Waals surface area contributed by atoms with E-state index in [2.05, 4.69) is 39.6 Å². The first-order chi connectivity index (χ1) is 7.86.